The van der Waals surface area contributed by atoms with Crippen LogP contribution < -0.4 is 4.90 Å². The number of carbonyl (C=O) groups is 1. The molecule has 0 aliphatic rings. The van der Waals surface area contributed by atoms with Gasteiger partial charge in [0.1, 0.15) is 5.60 Å². The quantitative estimate of drug-likeness (QED) is 0.789. The second-order valence-corrected chi connectivity index (χ2v) is 6.65. The van der Waals surface area contributed by atoms with Gasteiger partial charge in [-0.05, 0) is 58.9 Å². The van der Waals surface area contributed by atoms with Gasteiger partial charge in [-0.15, -0.1) is 0 Å². The zero-order chi connectivity index (χ0) is 16.9. The molecule has 2 N–H and O–H groups in total. The van der Waals surface area contributed by atoms with Crippen molar-refractivity contribution < 1.29 is 19.7 Å². The lowest BCUT2D eigenvalue weighted by molar-refractivity contribution is 0.00695. The first-order valence-corrected chi connectivity index (χ1v) is 7.53. The molecule has 0 radical (unpaired) electrons. The molecular weight excluding hydrogens is 282 g/mol. The van der Waals surface area contributed by atoms with E-state index in [2.05, 4.69) is 0 Å². The highest BCUT2D eigenvalue weighted by molar-refractivity contribution is 5.90. The average molecular weight is 309 g/mol. The molecular formula is C17H27NO4. The maximum Gasteiger partial charge on any atom is 0.338 e. The molecule has 0 aliphatic heterocycles. The summed E-state index contributed by atoms with van der Waals surface area (Å²) in [4.78, 5) is 13.9. The van der Waals surface area contributed by atoms with E-state index in [1.54, 1.807) is 38.1 Å². The standard InChI is InChI=1S/C17H27NO4/c1-12(19)10-18(11-13(2)20)15-8-6-14(7-9-15)16(21)22-17(3,4)5/h6-9,12-13,19-20H,10-11H2,1-5H3. The first kappa shape index (κ1) is 18.5. The molecule has 2 unspecified atom stereocenters. The summed E-state index contributed by atoms with van der Waals surface area (Å²) in [7, 11) is 0. The lowest BCUT2D eigenvalue weighted by Gasteiger charge is -2.27. The van der Waals surface area contributed by atoms with Crippen LogP contribution in [0.2, 0.25) is 0 Å². The first-order valence-electron chi connectivity index (χ1n) is 7.53. The van der Waals surface area contributed by atoms with E-state index in [0.717, 1.165) is 5.69 Å². The fraction of sp³-hybridized carbons (Fsp3) is 0.588. The van der Waals surface area contributed by atoms with Crippen LogP contribution in [0.15, 0.2) is 24.3 Å². The van der Waals surface area contributed by atoms with Crippen LogP contribution in [0.3, 0.4) is 0 Å². The molecule has 0 bridgehead atoms. The third kappa shape index (κ3) is 6.45. The van der Waals surface area contributed by atoms with Crippen LogP contribution in [-0.4, -0.2) is 47.1 Å². The Morgan fingerprint density at radius 2 is 1.55 bits per heavy atom. The van der Waals surface area contributed by atoms with Gasteiger partial charge in [-0.3, -0.25) is 0 Å². The number of aliphatic hydroxyl groups excluding tert-OH is 2. The molecule has 1 rings (SSSR count). The van der Waals surface area contributed by atoms with Crippen LogP contribution in [0, 0.1) is 0 Å². The van der Waals surface area contributed by atoms with Gasteiger partial charge in [-0.25, -0.2) is 4.79 Å². The summed E-state index contributed by atoms with van der Waals surface area (Å²) in [5.74, 6) is -0.364. The van der Waals surface area contributed by atoms with Gasteiger partial charge in [0.15, 0.2) is 0 Å². The van der Waals surface area contributed by atoms with Crippen molar-refractivity contribution in [3.63, 3.8) is 0 Å². The van der Waals surface area contributed by atoms with Crippen molar-refractivity contribution in [3.8, 4) is 0 Å². The lowest BCUT2D eigenvalue weighted by Crippen LogP contribution is -2.36. The van der Waals surface area contributed by atoms with Gasteiger partial charge >= 0.3 is 5.97 Å². The number of benzene rings is 1. The predicted octanol–water partition coefficient (Wildman–Crippen LogP) is 2.21. The summed E-state index contributed by atoms with van der Waals surface area (Å²) in [6, 6.07) is 6.98. The third-order valence-corrected chi connectivity index (χ3v) is 2.84. The van der Waals surface area contributed by atoms with Crippen molar-refractivity contribution in [2.24, 2.45) is 0 Å². The molecule has 22 heavy (non-hydrogen) atoms. The van der Waals surface area contributed by atoms with Gasteiger partial charge in [0.05, 0.1) is 17.8 Å². The molecule has 124 valence electrons. The molecule has 0 saturated carbocycles. The van der Waals surface area contributed by atoms with Gasteiger partial charge in [0.2, 0.25) is 0 Å². The number of anilines is 1. The number of esters is 1. The van der Waals surface area contributed by atoms with E-state index >= 15 is 0 Å². The van der Waals surface area contributed by atoms with Crippen LogP contribution in [-0.2, 0) is 4.74 Å². The molecule has 0 heterocycles. The Bertz CT molecular complexity index is 464. The van der Waals surface area contributed by atoms with E-state index in [0.29, 0.717) is 18.7 Å². The second-order valence-electron chi connectivity index (χ2n) is 6.65. The summed E-state index contributed by atoms with van der Waals surface area (Å²) in [6.45, 7) is 9.70. The molecule has 2 atom stereocenters. The Morgan fingerprint density at radius 1 is 1.09 bits per heavy atom. The first-order chi connectivity index (χ1) is 10.1. The van der Waals surface area contributed by atoms with E-state index in [1.165, 1.54) is 0 Å². The monoisotopic (exact) mass is 309 g/mol. The molecule has 0 spiro atoms. The zero-order valence-corrected chi connectivity index (χ0v) is 14.0. The fourth-order valence-corrected chi connectivity index (χ4v) is 2.07. The van der Waals surface area contributed by atoms with Crippen molar-refractivity contribution in [2.45, 2.75) is 52.4 Å². The molecule has 1 aromatic carbocycles. The maximum absolute atomic E-state index is 12.0. The highest BCUT2D eigenvalue weighted by atomic mass is 16.6. The topological polar surface area (TPSA) is 70.0 Å². The van der Waals surface area contributed by atoms with Crippen LogP contribution in [0.25, 0.3) is 0 Å². The summed E-state index contributed by atoms with van der Waals surface area (Å²) in [5.41, 5.74) is 0.794. The maximum atomic E-state index is 12.0. The third-order valence-electron chi connectivity index (χ3n) is 2.84. The average Bonchev–Trinajstić information content (AvgIpc) is 2.35. The Labute approximate surface area is 132 Å². The second kappa shape index (κ2) is 7.61. The van der Waals surface area contributed by atoms with Crippen LogP contribution in [0.1, 0.15) is 45.0 Å². The minimum absolute atomic E-state index is 0.364. The zero-order valence-electron chi connectivity index (χ0n) is 14.0. The number of nitrogens with zero attached hydrogens (tertiary/aromatic N) is 1. The summed E-state index contributed by atoms with van der Waals surface area (Å²) in [5, 5.41) is 19.1. The molecule has 1 aromatic rings. The van der Waals surface area contributed by atoms with Gasteiger partial charge < -0.3 is 19.8 Å². The predicted molar refractivity (Wildman–Crippen MR) is 87.2 cm³/mol. The van der Waals surface area contributed by atoms with E-state index in [4.69, 9.17) is 4.74 Å². The smallest absolute Gasteiger partial charge is 0.338 e. The Kier molecular flexibility index (Phi) is 6.38. The largest absolute Gasteiger partial charge is 0.456 e. The van der Waals surface area contributed by atoms with Gasteiger partial charge in [0, 0.05) is 18.8 Å². The van der Waals surface area contributed by atoms with E-state index in [-0.39, 0.29) is 5.97 Å². The number of rotatable bonds is 6. The highest BCUT2D eigenvalue weighted by Crippen LogP contribution is 2.18. The van der Waals surface area contributed by atoms with Crippen molar-refractivity contribution in [2.75, 3.05) is 18.0 Å². The fourth-order valence-electron chi connectivity index (χ4n) is 2.07. The molecule has 0 saturated heterocycles. The SMILES string of the molecule is CC(O)CN(CC(C)O)c1ccc(C(=O)OC(C)(C)C)cc1. The number of hydrogen-bond acceptors (Lipinski definition) is 5. The van der Waals surface area contributed by atoms with Gasteiger partial charge in [0.25, 0.3) is 0 Å². The Morgan fingerprint density at radius 3 is 1.91 bits per heavy atom. The summed E-state index contributed by atoms with van der Waals surface area (Å²) < 4.78 is 5.32. The number of ether oxygens (including phenoxy) is 1. The Hall–Kier alpha value is -1.59. The normalized spacial score (nSPS) is 14.3. The van der Waals surface area contributed by atoms with Gasteiger partial charge in [-0.2, -0.15) is 0 Å². The van der Waals surface area contributed by atoms with E-state index < -0.39 is 17.8 Å². The number of carbonyl (C=O) groups excluding carboxylic acids is 1. The molecule has 0 aromatic heterocycles. The van der Waals surface area contributed by atoms with Crippen molar-refractivity contribution in [1.82, 2.24) is 0 Å². The summed E-state index contributed by atoms with van der Waals surface area (Å²) >= 11 is 0. The van der Waals surface area contributed by atoms with E-state index in [9.17, 15) is 15.0 Å². The molecule has 0 aliphatic carbocycles. The molecule has 5 nitrogen and oxygen atoms in total. The minimum Gasteiger partial charge on any atom is -0.456 e. The van der Waals surface area contributed by atoms with Crippen LogP contribution in [0.5, 0.6) is 0 Å². The van der Waals surface area contributed by atoms with Crippen molar-refractivity contribution in [1.29, 1.82) is 0 Å². The number of hydrogen-bond donors (Lipinski definition) is 2. The van der Waals surface area contributed by atoms with Crippen LogP contribution in [0.4, 0.5) is 5.69 Å². The Balaban J connectivity index is 2.86. The minimum atomic E-state index is -0.527. The molecule has 0 amide bonds. The number of aliphatic hydroxyl groups is 2. The summed E-state index contributed by atoms with van der Waals surface area (Å²) in [6.07, 6.45) is -1.02. The van der Waals surface area contributed by atoms with Crippen molar-refractivity contribution >= 4 is 11.7 Å². The van der Waals surface area contributed by atoms with E-state index in [1.807, 2.05) is 25.7 Å². The highest BCUT2D eigenvalue weighted by Gasteiger charge is 2.18. The molecule has 5 heteroatoms. The van der Waals surface area contributed by atoms with Gasteiger partial charge in [-0.1, -0.05) is 0 Å². The lowest BCUT2D eigenvalue weighted by atomic mass is 10.1. The van der Waals surface area contributed by atoms with Crippen molar-refractivity contribution in [3.05, 3.63) is 29.8 Å². The van der Waals surface area contributed by atoms with Crippen LogP contribution >= 0.6 is 0 Å². The molecule has 0 fully saturated rings.